The highest BCUT2D eigenvalue weighted by Crippen LogP contribution is 2.19. The van der Waals surface area contributed by atoms with Crippen LogP contribution >= 0.6 is 0 Å². The number of carbonyl (C=O) groups excluding carboxylic acids is 2. The number of rotatable bonds is 8. The Labute approximate surface area is 200 Å². The summed E-state index contributed by atoms with van der Waals surface area (Å²) in [5.41, 5.74) is 6.45. The molecule has 3 aromatic carbocycles. The van der Waals surface area contributed by atoms with Crippen LogP contribution < -0.4 is 10.6 Å². The van der Waals surface area contributed by atoms with Gasteiger partial charge in [0.25, 0.3) is 5.91 Å². The Morgan fingerprint density at radius 3 is 2.47 bits per heavy atom. The van der Waals surface area contributed by atoms with Crippen LogP contribution in [-0.4, -0.2) is 27.9 Å². The number of hydrogen-bond donors (Lipinski definition) is 2. The summed E-state index contributed by atoms with van der Waals surface area (Å²) in [5, 5.41) is 6.02. The molecule has 0 saturated carbocycles. The van der Waals surface area contributed by atoms with E-state index in [1.807, 2.05) is 86.0 Å². The molecule has 0 unspecified atom stereocenters. The van der Waals surface area contributed by atoms with Crippen molar-refractivity contribution < 1.29 is 9.59 Å². The maximum absolute atomic E-state index is 12.9. The van der Waals surface area contributed by atoms with Crippen molar-refractivity contribution in [2.75, 3.05) is 11.9 Å². The number of imidazole rings is 1. The van der Waals surface area contributed by atoms with Gasteiger partial charge in [0.1, 0.15) is 12.4 Å². The van der Waals surface area contributed by atoms with E-state index in [2.05, 4.69) is 16.7 Å². The van der Waals surface area contributed by atoms with E-state index in [9.17, 15) is 9.59 Å². The molecule has 6 heteroatoms. The van der Waals surface area contributed by atoms with E-state index in [0.29, 0.717) is 18.5 Å². The van der Waals surface area contributed by atoms with Crippen molar-refractivity contribution in [1.82, 2.24) is 14.9 Å². The zero-order chi connectivity index (χ0) is 24.1. The molecule has 0 radical (unpaired) electrons. The number of aryl methyl sites for hydroxylation is 4. The highest BCUT2D eigenvalue weighted by molar-refractivity contribution is 5.95. The summed E-state index contributed by atoms with van der Waals surface area (Å²) in [6.07, 6.45) is 1.37. The van der Waals surface area contributed by atoms with Crippen LogP contribution in [0.3, 0.4) is 0 Å². The van der Waals surface area contributed by atoms with Gasteiger partial charge in [-0.15, -0.1) is 0 Å². The number of hydrogen-bond acceptors (Lipinski definition) is 3. The molecule has 174 valence electrons. The minimum absolute atomic E-state index is 0.0700. The van der Waals surface area contributed by atoms with Gasteiger partial charge in [-0.2, -0.15) is 0 Å². The van der Waals surface area contributed by atoms with Gasteiger partial charge in [-0.25, -0.2) is 4.98 Å². The van der Waals surface area contributed by atoms with Gasteiger partial charge in [-0.3, -0.25) is 9.59 Å². The third-order valence-electron chi connectivity index (χ3n) is 5.94. The average molecular weight is 455 g/mol. The molecule has 4 rings (SSSR count). The second-order valence-electron chi connectivity index (χ2n) is 8.64. The molecule has 2 N–H and O–H groups in total. The quantitative estimate of drug-likeness (QED) is 0.369. The number of para-hydroxylation sites is 2. The molecule has 0 aliphatic carbocycles. The third kappa shape index (κ3) is 5.34. The number of nitrogens with one attached hydrogen (secondary N) is 2. The van der Waals surface area contributed by atoms with Crippen LogP contribution in [0.25, 0.3) is 11.0 Å². The van der Waals surface area contributed by atoms with E-state index in [-0.39, 0.29) is 18.4 Å². The number of anilines is 1. The van der Waals surface area contributed by atoms with Crippen LogP contribution in [0.5, 0.6) is 0 Å². The Kier molecular flexibility index (Phi) is 7.07. The fraction of sp³-hybridized carbons (Fsp3) is 0.250. The van der Waals surface area contributed by atoms with Crippen LogP contribution in [0.15, 0.2) is 66.7 Å². The molecule has 0 fully saturated rings. The standard InChI is InChI=1S/C28H30N4O2/c1-19-14-15-23(21(3)17-19)31-27(33)18-32-25-12-7-6-11-24(25)30-26(32)13-8-16-29-28(34)22-10-5-4-9-20(22)2/h4-7,9-12,14-15,17H,8,13,16,18H2,1-3H3,(H,29,34)(H,31,33). The highest BCUT2D eigenvalue weighted by atomic mass is 16.2. The first-order valence-corrected chi connectivity index (χ1v) is 11.6. The number of carbonyl (C=O) groups is 2. The normalized spacial score (nSPS) is 10.9. The summed E-state index contributed by atoms with van der Waals surface area (Å²) in [5.74, 6) is 0.672. The van der Waals surface area contributed by atoms with E-state index in [1.165, 1.54) is 0 Å². The SMILES string of the molecule is Cc1ccc(NC(=O)Cn2c(CCCNC(=O)c3ccccc3C)nc3ccccc32)c(C)c1. The number of aromatic nitrogens is 2. The Morgan fingerprint density at radius 2 is 1.68 bits per heavy atom. The molecule has 0 spiro atoms. The number of amides is 2. The lowest BCUT2D eigenvalue weighted by atomic mass is 10.1. The maximum atomic E-state index is 12.9. The molecule has 0 aliphatic heterocycles. The fourth-order valence-corrected chi connectivity index (χ4v) is 4.15. The molecule has 0 aliphatic rings. The van der Waals surface area contributed by atoms with Crippen molar-refractivity contribution >= 4 is 28.5 Å². The summed E-state index contributed by atoms with van der Waals surface area (Å²) >= 11 is 0. The van der Waals surface area contributed by atoms with Crippen LogP contribution in [-0.2, 0) is 17.8 Å². The Morgan fingerprint density at radius 1 is 0.912 bits per heavy atom. The van der Waals surface area contributed by atoms with Crippen molar-refractivity contribution in [3.63, 3.8) is 0 Å². The minimum atomic E-state index is -0.0933. The monoisotopic (exact) mass is 454 g/mol. The molecule has 2 amide bonds. The fourth-order valence-electron chi connectivity index (χ4n) is 4.15. The maximum Gasteiger partial charge on any atom is 0.251 e. The summed E-state index contributed by atoms with van der Waals surface area (Å²) in [7, 11) is 0. The predicted octanol–water partition coefficient (Wildman–Crippen LogP) is 4.96. The smallest absolute Gasteiger partial charge is 0.251 e. The Balaban J connectivity index is 1.43. The molecule has 4 aromatic rings. The molecule has 0 bridgehead atoms. The summed E-state index contributed by atoms with van der Waals surface area (Å²) < 4.78 is 1.97. The van der Waals surface area contributed by atoms with Crippen molar-refractivity contribution in [3.05, 3.63) is 94.8 Å². The van der Waals surface area contributed by atoms with Gasteiger partial charge in [0.05, 0.1) is 11.0 Å². The molecule has 0 saturated heterocycles. The van der Waals surface area contributed by atoms with Crippen molar-refractivity contribution in [2.24, 2.45) is 0 Å². The Hall–Kier alpha value is -3.93. The van der Waals surface area contributed by atoms with Gasteiger partial charge >= 0.3 is 0 Å². The number of nitrogens with zero attached hydrogens (tertiary/aromatic N) is 2. The zero-order valence-electron chi connectivity index (χ0n) is 19.9. The van der Waals surface area contributed by atoms with Crippen LogP contribution in [0.2, 0.25) is 0 Å². The van der Waals surface area contributed by atoms with Crippen LogP contribution in [0, 0.1) is 20.8 Å². The highest BCUT2D eigenvalue weighted by Gasteiger charge is 2.15. The van der Waals surface area contributed by atoms with Gasteiger partial charge in [-0.05, 0) is 62.6 Å². The third-order valence-corrected chi connectivity index (χ3v) is 5.94. The molecule has 1 heterocycles. The molecular formula is C28H30N4O2. The van der Waals surface area contributed by atoms with Crippen molar-refractivity contribution in [1.29, 1.82) is 0 Å². The lowest BCUT2D eigenvalue weighted by Crippen LogP contribution is -2.26. The lowest BCUT2D eigenvalue weighted by molar-refractivity contribution is -0.116. The van der Waals surface area contributed by atoms with Gasteiger partial charge in [0.15, 0.2) is 0 Å². The molecule has 6 nitrogen and oxygen atoms in total. The minimum Gasteiger partial charge on any atom is -0.352 e. The summed E-state index contributed by atoms with van der Waals surface area (Å²) in [6, 6.07) is 21.4. The van der Waals surface area contributed by atoms with E-state index in [1.54, 1.807) is 0 Å². The number of benzene rings is 3. The van der Waals surface area contributed by atoms with Crippen LogP contribution in [0.4, 0.5) is 5.69 Å². The first-order valence-electron chi connectivity index (χ1n) is 11.6. The molecule has 1 aromatic heterocycles. The van der Waals surface area contributed by atoms with Gasteiger partial charge in [0.2, 0.25) is 5.91 Å². The second kappa shape index (κ2) is 10.3. The van der Waals surface area contributed by atoms with Crippen LogP contribution in [0.1, 0.15) is 39.3 Å². The topological polar surface area (TPSA) is 76.0 Å². The largest absolute Gasteiger partial charge is 0.352 e. The first kappa shape index (κ1) is 23.2. The zero-order valence-corrected chi connectivity index (χ0v) is 19.9. The van der Waals surface area contributed by atoms with Crippen molar-refractivity contribution in [2.45, 2.75) is 40.2 Å². The molecule has 34 heavy (non-hydrogen) atoms. The van der Waals surface area contributed by atoms with E-state index < -0.39 is 0 Å². The van der Waals surface area contributed by atoms with E-state index in [4.69, 9.17) is 4.98 Å². The summed E-state index contributed by atoms with van der Waals surface area (Å²) in [6.45, 7) is 6.67. The predicted molar refractivity (Wildman–Crippen MR) is 136 cm³/mol. The van der Waals surface area contributed by atoms with E-state index >= 15 is 0 Å². The average Bonchev–Trinajstić information content (AvgIpc) is 3.16. The van der Waals surface area contributed by atoms with E-state index in [0.717, 1.165) is 45.7 Å². The first-order chi connectivity index (χ1) is 16.4. The second-order valence-corrected chi connectivity index (χ2v) is 8.64. The lowest BCUT2D eigenvalue weighted by Gasteiger charge is -2.12. The van der Waals surface area contributed by atoms with Gasteiger partial charge < -0.3 is 15.2 Å². The molecule has 0 atom stereocenters. The van der Waals surface area contributed by atoms with Gasteiger partial charge in [0, 0.05) is 24.2 Å². The van der Waals surface area contributed by atoms with Crippen molar-refractivity contribution in [3.8, 4) is 0 Å². The Bertz CT molecular complexity index is 1340. The molecular weight excluding hydrogens is 424 g/mol. The van der Waals surface area contributed by atoms with Gasteiger partial charge in [-0.1, -0.05) is 48.0 Å². The number of fused-ring (bicyclic) bond motifs is 1. The summed E-state index contributed by atoms with van der Waals surface area (Å²) in [4.78, 5) is 30.1.